The zero-order valence-corrected chi connectivity index (χ0v) is 19.5. The highest BCUT2D eigenvalue weighted by molar-refractivity contribution is 8.14. The third-order valence-corrected chi connectivity index (χ3v) is 8.55. The molecule has 1 N–H and O–H groups in total. The molecule has 4 aromatic rings. The molecule has 2 aliphatic rings. The van der Waals surface area contributed by atoms with Crippen LogP contribution in [0.5, 0.6) is 0 Å². The Hall–Kier alpha value is -2.83. The van der Waals surface area contributed by atoms with Gasteiger partial charge in [0.2, 0.25) is 0 Å². The van der Waals surface area contributed by atoms with E-state index in [1.807, 2.05) is 17.8 Å². The minimum atomic E-state index is 0.441. The lowest BCUT2D eigenvalue weighted by Gasteiger charge is -2.21. The van der Waals surface area contributed by atoms with Crippen molar-refractivity contribution in [3.05, 3.63) is 89.5 Å². The van der Waals surface area contributed by atoms with Crippen LogP contribution in [0.15, 0.2) is 77.8 Å². The van der Waals surface area contributed by atoms with Crippen LogP contribution in [0.1, 0.15) is 22.7 Å². The Morgan fingerprint density at radius 2 is 1.94 bits per heavy atom. The lowest BCUT2D eigenvalue weighted by Crippen LogP contribution is -2.23. The molecule has 4 nitrogen and oxygen atoms in total. The number of benzene rings is 3. The van der Waals surface area contributed by atoms with Gasteiger partial charge in [-0.25, -0.2) is 9.98 Å². The van der Waals surface area contributed by atoms with Crippen LogP contribution >= 0.6 is 23.1 Å². The molecule has 2 atom stereocenters. The Kier molecular flexibility index (Phi) is 5.12. The van der Waals surface area contributed by atoms with Gasteiger partial charge < -0.3 is 10.2 Å². The SMILES string of the molecule is CN1C(=Nc2cccc(CCNc3nc4ccccc4s3)c2)SC2Cc3ccccc3C21. The molecule has 3 aromatic carbocycles. The second kappa shape index (κ2) is 8.26. The molecule has 2 heterocycles. The van der Waals surface area contributed by atoms with Crippen LogP contribution in [0.2, 0.25) is 0 Å². The lowest BCUT2D eigenvalue weighted by molar-refractivity contribution is 0.402. The molecule has 1 aliphatic carbocycles. The molecule has 0 saturated carbocycles. The Morgan fingerprint density at radius 1 is 1.06 bits per heavy atom. The first-order chi connectivity index (χ1) is 15.7. The molecule has 32 heavy (non-hydrogen) atoms. The maximum absolute atomic E-state index is 5.03. The number of thioether (sulfide) groups is 1. The van der Waals surface area contributed by atoms with E-state index in [4.69, 9.17) is 4.99 Å². The molecular weight excluding hydrogens is 432 g/mol. The molecule has 1 aliphatic heterocycles. The minimum Gasteiger partial charge on any atom is -0.361 e. The van der Waals surface area contributed by atoms with E-state index in [-0.39, 0.29) is 0 Å². The third-order valence-electron chi connectivity index (χ3n) is 6.24. The molecule has 1 fully saturated rings. The molecule has 0 bridgehead atoms. The summed E-state index contributed by atoms with van der Waals surface area (Å²) in [7, 11) is 2.18. The van der Waals surface area contributed by atoms with E-state index in [2.05, 4.69) is 89.0 Å². The van der Waals surface area contributed by atoms with E-state index in [0.29, 0.717) is 11.3 Å². The van der Waals surface area contributed by atoms with Crippen LogP contribution in [0.25, 0.3) is 10.2 Å². The summed E-state index contributed by atoms with van der Waals surface area (Å²) >= 11 is 3.63. The number of fused-ring (bicyclic) bond motifs is 4. The van der Waals surface area contributed by atoms with Gasteiger partial charge in [0.15, 0.2) is 10.3 Å². The average Bonchev–Trinajstić information content (AvgIpc) is 3.46. The van der Waals surface area contributed by atoms with Gasteiger partial charge in [-0.3, -0.25) is 0 Å². The number of amidine groups is 1. The molecule has 0 amide bonds. The highest BCUT2D eigenvalue weighted by atomic mass is 32.2. The maximum atomic E-state index is 5.03. The lowest BCUT2D eigenvalue weighted by atomic mass is 10.1. The van der Waals surface area contributed by atoms with E-state index in [9.17, 15) is 0 Å². The summed E-state index contributed by atoms with van der Waals surface area (Å²) in [6.45, 7) is 0.857. The van der Waals surface area contributed by atoms with Gasteiger partial charge in [0, 0.05) is 18.8 Å². The highest BCUT2D eigenvalue weighted by Crippen LogP contribution is 2.48. The van der Waals surface area contributed by atoms with E-state index in [0.717, 1.165) is 40.9 Å². The largest absolute Gasteiger partial charge is 0.361 e. The standard InChI is InChI=1S/C26H24N4S2/c1-30-24-20-10-3-2-8-18(20)16-23(24)32-26(30)28-19-9-6-7-17(15-19)13-14-27-25-29-21-11-4-5-12-22(21)31-25/h2-12,15,23-24H,13-14,16H2,1H3,(H,27,29). The number of nitrogens with zero attached hydrogens (tertiary/aromatic N) is 3. The zero-order chi connectivity index (χ0) is 21.5. The zero-order valence-electron chi connectivity index (χ0n) is 17.9. The maximum Gasteiger partial charge on any atom is 0.183 e. The topological polar surface area (TPSA) is 40.5 Å². The third kappa shape index (κ3) is 3.67. The number of anilines is 1. The van der Waals surface area contributed by atoms with Crippen molar-refractivity contribution in [2.24, 2.45) is 4.99 Å². The molecule has 6 heteroatoms. The number of para-hydroxylation sites is 1. The van der Waals surface area contributed by atoms with Gasteiger partial charge in [0.1, 0.15) is 0 Å². The fourth-order valence-electron chi connectivity index (χ4n) is 4.70. The smallest absolute Gasteiger partial charge is 0.183 e. The summed E-state index contributed by atoms with van der Waals surface area (Å²) in [6, 6.07) is 26.2. The predicted octanol–water partition coefficient (Wildman–Crippen LogP) is 6.28. The van der Waals surface area contributed by atoms with Gasteiger partial charge in [0.05, 0.1) is 21.9 Å². The first-order valence-electron chi connectivity index (χ1n) is 11.0. The van der Waals surface area contributed by atoms with E-state index < -0.39 is 0 Å². The number of aliphatic imine (C=N–C) groups is 1. The fourth-order valence-corrected chi connectivity index (χ4v) is 7.02. The van der Waals surface area contributed by atoms with Crippen molar-refractivity contribution in [1.29, 1.82) is 0 Å². The van der Waals surface area contributed by atoms with Crippen LogP contribution in [0.3, 0.4) is 0 Å². The normalized spacial score (nSPS) is 20.7. The van der Waals surface area contributed by atoms with Crippen LogP contribution in [-0.2, 0) is 12.8 Å². The molecular formula is C26H24N4S2. The Labute approximate surface area is 196 Å². The number of nitrogens with one attached hydrogen (secondary N) is 1. The van der Waals surface area contributed by atoms with Gasteiger partial charge in [-0.2, -0.15) is 0 Å². The van der Waals surface area contributed by atoms with Gasteiger partial charge in [-0.05, 0) is 53.8 Å². The Bertz CT molecular complexity index is 1280. The highest BCUT2D eigenvalue weighted by Gasteiger charge is 2.43. The van der Waals surface area contributed by atoms with E-state index >= 15 is 0 Å². The molecule has 1 saturated heterocycles. The quantitative estimate of drug-likeness (QED) is 0.383. The molecule has 160 valence electrons. The van der Waals surface area contributed by atoms with Crippen molar-refractivity contribution in [2.45, 2.75) is 24.1 Å². The minimum absolute atomic E-state index is 0.441. The predicted molar refractivity (Wildman–Crippen MR) is 137 cm³/mol. The van der Waals surface area contributed by atoms with Crippen molar-refractivity contribution < 1.29 is 0 Å². The van der Waals surface area contributed by atoms with E-state index in [1.165, 1.54) is 21.4 Å². The monoisotopic (exact) mass is 456 g/mol. The summed E-state index contributed by atoms with van der Waals surface area (Å²) in [4.78, 5) is 12.0. The van der Waals surface area contributed by atoms with Gasteiger partial charge >= 0.3 is 0 Å². The number of rotatable bonds is 5. The van der Waals surface area contributed by atoms with Crippen molar-refractivity contribution in [3.63, 3.8) is 0 Å². The summed E-state index contributed by atoms with van der Waals surface area (Å²) in [6.07, 6.45) is 2.07. The van der Waals surface area contributed by atoms with Crippen LogP contribution in [-0.4, -0.2) is 33.9 Å². The molecule has 2 unspecified atom stereocenters. The summed E-state index contributed by atoms with van der Waals surface area (Å²) in [5.41, 5.74) is 6.33. The first kappa shape index (κ1) is 19.8. The van der Waals surface area contributed by atoms with Crippen LogP contribution in [0, 0.1) is 0 Å². The van der Waals surface area contributed by atoms with Crippen molar-refractivity contribution in [2.75, 3.05) is 18.9 Å². The average molecular weight is 457 g/mol. The van der Waals surface area contributed by atoms with Gasteiger partial charge in [-0.15, -0.1) is 0 Å². The number of hydrogen-bond acceptors (Lipinski definition) is 5. The van der Waals surface area contributed by atoms with Crippen LogP contribution in [0.4, 0.5) is 10.8 Å². The molecule has 6 rings (SSSR count). The number of thiazole rings is 1. The van der Waals surface area contributed by atoms with Crippen molar-refractivity contribution in [1.82, 2.24) is 9.88 Å². The van der Waals surface area contributed by atoms with Crippen molar-refractivity contribution >= 4 is 49.3 Å². The second-order valence-corrected chi connectivity index (χ2v) is 10.6. The number of hydrogen-bond donors (Lipinski definition) is 1. The fraction of sp³-hybridized carbons (Fsp3) is 0.231. The van der Waals surface area contributed by atoms with Crippen LogP contribution < -0.4 is 5.32 Å². The van der Waals surface area contributed by atoms with Crippen molar-refractivity contribution in [3.8, 4) is 0 Å². The first-order valence-corrected chi connectivity index (χ1v) is 12.7. The molecule has 1 aromatic heterocycles. The molecule has 0 spiro atoms. The summed E-state index contributed by atoms with van der Waals surface area (Å²) in [5.74, 6) is 0. The second-order valence-electron chi connectivity index (χ2n) is 8.34. The summed E-state index contributed by atoms with van der Waals surface area (Å²) in [5, 5.41) is 6.15. The Balaban J connectivity index is 1.13. The van der Waals surface area contributed by atoms with Gasteiger partial charge in [-0.1, -0.05) is 71.6 Å². The summed E-state index contributed by atoms with van der Waals surface area (Å²) < 4.78 is 1.22. The van der Waals surface area contributed by atoms with Gasteiger partial charge in [0.25, 0.3) is 0 Å². The Morgan fingerprint density at radius 3 is 2.88 bits per heavy atom. The molecule has 0 radical (unpaired) electrons. The van der Waals surface area contributed by atoms with E-state index in [1.54, 1.807) is 11.3 Å². The number of aromatic nitrogens is 1.